The molecule has 6 heteroatoms. The largest absolute Gasteiger partial charge is 0.396 e. The van der Waals surface area contributed by atoms with Crippen LogP contribution in [0.4, 0.5) is 5.69 Å². The Kier molecular flexibility index (Phi) is 2.74. The molecule has 1 amide bonds. The molecule has 6 nitrogen and oxygen atoms in total. The molecule has 2 fully saturated rings. The van der Waals surface area contributed by atoms with Crippen LogP contribution >= 0.6 is 0 Å². The second kappa shape index (κ2) is 4.28. The van der Waals surface area contributed by atoms with Crippen LogP contribution in [0.5, 0.6) is 0 Å². The molecule has 2 unspecified atom stereocenters. The van der Waals surface area contributed by atoms with Crippen LogP contribution in [-0.4, -0.2) is 45.9 Å². The highest BCUT2D eigenvalue weighted by Gasteiger charge is 2.37. The maximum absolute atomic E-state index is 12.5. The summed E-state index contributed by atoms with van der Waals surface area (Å²) in [7, 11) is 0. The van der Waals surface area contributed by atoms with Crippen molar-refractivity contribution >= 4 is 11.6 Å². The van der Waals surface area contributed by atoms with Crippen LogP contribution in [-0.2, 0) is 11.3 Å². The Morgan fingerprint density at radius 2 is 2.17 bits per heavy atom. The third-order valence-electron chi connectivity index (χ3n) is 3.70. The van der Waals surface area contributed by atoms with E-state index in [2.05, 4.69) is 5.10 Å². The number of carbonyl (C=O) groups is 1. The average Bonchev–Trinajstić information content (AvgIpc) is 2.91. The molecule has 2 N–H and O–H groups in total. The molecule has 2 aliphatic rings. The van der Waals surface area contributed by atoms with Crippen molar-refractivity contribution in [2.45, 2.75) is 38.5 Å². The lowest BCUT2D eigenvalue weighted by Crippen LogP contribution is -2.46. The Hall–Kier alpha value is -1.56. The summed E-state index contributed by atoms with van der Waals surface area (Å²) in [6.07, 6.45) is 4.05. The van der Waals surface area contributed by atoms with Gasteiger partial charge in [-0.15, -0.1) is 0 Å². The number of likely N-dealkylation sites (tertiary alicyclic amines) is 1. The molecule has 3 rings (SSSR count). The number of aromatic nitrogens is 2. The van der Waals surface area contributed by atoms with Crippen LogP contribution in [0.1, 0.15) is 30.3 Å². The average molecular weight is 250 g/mol. The highest BCUT2D eigenvalue weighted by atomic mass is 16.5. The molecule has 0 aliphatic carbocycles. The zero-order chi connectivity index (χ0) is 12.7. The summed E-state index contributed by atoms with van der Waals surface area (Å²) < 4.78 is 7.40. The van der Waals surface area contributed by atoms with E-state index in [9.17, 15) is 4.79 Å². The van der Waals surface area contributed by atoms with E-state index in [0.29, 0.717) is 31.0 Å². The Morgan fingerprint density at radius 1 is 1.50 bits per heavy atom. The number of nitrogens with zero attached hydrogens (tertiary/aromatic N) is 3. The smallest absolute Gasteiger partial charge is 0.274 e. The molecule has 2 atom stereocenters. The first-order valence-electron chi connectivity index (χ1n) is 6.45. The van der Waals surface area contributed by atoms with E-state index in [1.54, 1.807) is 10.9 Å². The molecule has 2 aliphatic heterocycles. The lowest BCUT2D eigenvalue weighted by Gasteiger charge is -2.32. The van der Waals surface area contributed by atoms with Crippen LogP contribution in [0.2, 0.25) is 0 Å². The molecule has 0 radical (unpaired) electrons. The first-order valence-corrected chi connectivity index (χ1v) is 6.45. The summed E-state index contributed by atoms with van der Waals surface area (Å²) in [4.78, 5) is 14.4. The predicted octanol–water partition coefficient (Wildman–Crippen LogP) is 0.489. The molecule has 0 aromatic carbocycles. The molecule has 2 bridgehead atoms. The quantitative estimate of drug-likeness (QED) is 0.829. The summed E-state index contributed by atoms with van der Waals surface area (Å²) >= 11 is 0. The van der Waals surface area contributed by atoms with E-state index in [-0.39, 0.29) is 18.1 Å². The number of anilines is 1. The standard InChI is InChI=1S/C12H18N4O2/c1-2-16-11(10(13)5-14-16)12(17)15-6-8-3-4-9(7-15)18-8/h5,8-9H,2-4,6-7,13H2,1H3. The van der Waals surface area contributed by atoms with Gasteiger partial charge in [0.2, 0.25) is 0 Å². The molecule has 0 spiro atoms. The van der Waals surface area contributed by atoms with Gasteiger partial charge in [-0.1, -0.05) is 0 Å². The highest BCUT2D eigenvalue weighted by molar-refractivity contribution is 5.97. The van der Waals surface area contributed by atoms with E-state index >= 15 is 0 Å². The molecule has 98 valence electrons. The molecular formula is C12H18N4O2. The normalized spacial score (nSPS) is 26.6. The van der Waals surface area contributed by atoms with Crippen molar-refractivity contribution in [3.05, 3.63) is 11.9 Å². The van der Waals surface area contributed by atoms with Crippen molar-refractivity contribution < 1.29 is 9.53 Å². The molecule has 18 heavy (non-hydrogen) atoms. The van der Waals surface area contributed by atoms with Gasteiger partial charge in [-0.3, -0.25) is 9.48 Å². The monoisotopic (exact) mass is 250 g/mol. The summed E-state index contributed by atoms with van der Waals surface area (Å²) in [5, 5.41) is 4.12. The second-order valence-electron chi connectivity index (χ2n) is 4.93. The van der Waals surface area contributed by atoms with Gasteiger partial charge in [0.05, 0.1) is 24.1 Å². The van der Waals surface area contributed by atoms with Gasteiger partial charge in [-0.05, 0) is 19.8 Å². The van der Waals surface area contributed by atoms with E-state index in [4.69, 9.17) is 10.5 Å². The zero-order valence-electron chi connectivity index (χ0n) is 10.5. The number of fused-ring (bicyclic) bond motifs is 2. The van der Waals surface area contributed by atoms with Gasteiger partial charge < -0.3 is 15.4 Å². The number of ether oxygens (including phenoxy) is 1. The maximum atomic E-state index is 12.5. The van der Waals surface area contributed by atoms with Crippen LogP contribution in [0, 0.1) is 0 Å². The minimum Gasteiger partial charge on any atom is -0.396 e. The molecule has 1 aromatic rings. The zero-order valence-corrected chi connectivity index (χ0v) is 10.5. The van der Waals surface area contributed by atoms with Gasteiger partial charge in [-0.25, -0.2) is 0 Å². The Balaban J connectivity index is 1.84. The van der Waals surface area contributed by atoms with E-state index in [1.165, 1.54) is 0 Å². The van der Waals surface area contributed by atoms with Gasteiger partial charge in [0.25, 0.3) is 5.91 Å². The summed E-state index contributed by atoms with van der Waals surface area (Å²) in [6, 6.07) is 0. The topological polar surface area (TPSA) is 73.4 Å². The molecule has 0 saturated carbocycles. The summed E-state index contributed by atoms with van der Waals surface area (Å²) in [5.74, 6) is -0.0212. The summed E-state index contributed by atoms with van der Waals surface area (Å²) in [6.45, 7) is 3.94. The van der Waals surface area contributed by atoms with Crippen LogP contribution in [0.25, 0.3) is 0 Å². The van der Waals surface area contributed by atoms with Crippen molar-refractivity contribution in [2.75, 3.05) is 18.8 Å². The molecule has 1 aromatic heterocycles. The number of morpholine rings is 1. The lowest BCUT2D eigenvalue weighted by molar-refractivity contribution is -0.0306. The third-order valence-corrected chi connectivity index (χ3v) is 3.70. The van der Waals surface area contributed by atoms with Gasteiger partial charge >= 0.3 is 0 Å². The van der Waals surface area contributed by atoms with E-state index in [0.717, 1.165) is 12.8 Å². The minimum absolute atomic E-state index is 0.0212. The number of amides is 1. The number of hydrogen-bond donors (Lipinski definition) is 1. The van der Waals surface area contributed by atoms with Gasteiger partial charge in [0, 0.05) is 19.6 Å². The predicted molar refractivity (Wildman–Crippen MR) is 66.1 cm³/mol. The fourth-order valence-electron chi connectivity index (χ4n) is 2.80. The first-order chi connectivity index (χ1) is 8.69. The molecule has 2 saturated heterocycles. The Labute approximate surface area is 106 Å². The fourth-order valence-corrected chi connectivity index (χ4v) is 2.80. The van der Waals surface area contributed by atoms with E-state index < -0.39 is 0 Å². The number of nitrogens with two attached hydrogens (primary N) is 1. The van der Waals surface area contributed by atoms with E-state index in [1.807, 2.05) is 11.8 Å². The van der Waals surface area contributed by atoms with Gasteiger partial charge in [-0.2, -0.15) is 5.10 Å². The highest BCUT2D eigenvalue weighted by Crippen LogP contribution is 2.27. The van der Waals surface area contributed by atoms with Crippen molar-refractivity contribution in [2.24, 2.45) is 0 Å². The Bertz CT molecular complexity index is 459. The van der Waals surface area contributed by atoms with Crippen LogP contribution < -0.4 is 5.73 Å². The number of hydrogen-bond acceptors (Lipinski definition) is 4. The van der Waals surface area contributed by atoms with Crippen molar-refractivity contribution in [1.29, 1.82) is 0 Å². The first kappa shape index (κ1) is 11.5. The lowest BCUT2D eigenvalue weighted by atomic mass is 10.2. The SMILES string of the molecule is CCn1ncc(N)c1C(=O)N1CC2CCC(C1)O2. The van der Waals surface area contributed by atoms with Crippen LogP contribution in [0.3, 0.4) is 0 Å². The van der Waals surface area contributed by atoms with Crippen LogP contribution in [0.15, 0.2) is 6.20 Å². The van der Waals surface area contributed by atoms with Crippen molar-refractivity contribution in [3.63, 3.8) is 0 Å². The summed E-state index contributed by atoms with van der Waals surface area (Å²) in [5.41, 5.74) is 6.82. The second-order valence-corrected chi connectivity index (χ2v) is 4.93. The number of nitrogen functional groups attached to an aromatic ring is 1. The Morgan fingerprint density at radius 3 is 2.78 bits per heavy atom. The molecular weight excluding hydrogens is 232 g/mol. The van der Waals surface area contributed by atoms with Gasteiger partial charge in [0.15, 0.2) is 0 Å². The maximum Gasteiger partial charge on any atom is 0.274 e. The van der Waals surface area contributed by atoms with Crippen molar-refractivity contribution in [3.8, 4) is 0 Å². The third kappa shape index (κ3) is 1.77. The fraction of sp³-hybridized carbons (Fsp3) is 0.667. The number of carbonyl (C=O) groups excluding carboxylic acids is 1. The van der Waals surface area contributed by atoms with Gasteiger partial charge in [0.1, 0.15) is 5.69 Å². The number of rotatable bonds is 2. The number of aryl methyl sites for hydroxylation is 1. The molecule has 3 heterocycles. The minimum atomic E-state index is -0.0212. The van der Waals surface area contributed by atoms with Crippen molar-refractivity contribution in [1.82, 2.24) is 14.7 Å².